The molecule has 1 heterocycles. The number of carbonyl (C=O) groups is 1. The average Bonchev–Trinajstić information content (AvgIpc) is 2.77. The molecule has 1 N–H and O–H groups in total. The summed E-state index contributed by atoms with van der Waals surface area (Å²) in [5, 5.41) is 8.91. The molecule has 2 aliphatic rings. The molecule has 4 heteroatoms. The average molecular weight is 351 g/mol. The molecular weight excluding hydrogens is 326 g/mol. The number of aliphatic carboxylic acids is 1. The molecule has 0 saturated heterocycles. The van der Waals surface area contributed by atoms with E-state index in [1.807, 2.05) is 18.2 Å². The van der Waals surface area contributed by atoms with Gasteiger partial charge in [-0.1, -0.05) is 42.5 Å². The van der Waals surface area contributed by atoms with Gasteiger partial charge in [0, 0.05) is 18.2 Å². The van der Waals surface area contributed by atoms with Crippen LogP contribution in [0.3, 0.4) is 0 Å². The van der Waals surface area contributed by atoms with Gasteiger partial charge in [0.05, 0.1) is 0 Å². The second-order valence-electron chi connectivity index (χ2n) is 6.92. The maximum atomic E-state index is 10.8. The van der Waals surface area contributed by atoms with Gasteiger partial charge in [0.25, 0.3) is 0 Å². The standard InChI is InChI=1S/C22H25NO3/c1-23(2)13-5-8-19-18-7-4-3-6-17(18)15-26-21-11-9-16(14-20(19)21)10-12-22(24)25/h3-4,6-12,16H,5,13-15H2,1-2H3,(H,24,25)/b12-10+,19-8-. The molecule has 0 radical (unpaired) electrons. The first-order valence-corrected chi connectivity index (χ1v) is 8.93. The zero-order valence-corrected chi connectivity index (χ0v) is 15.3. The zero-order valence-electron chi connectivity index (χ0n) is 15.3. The number of carboxylic acid groups (broad SMARTS) is 1. The van der Waals surface area contributed by atoms with Gasteiger partial charge in [0.2, 0.25) is 0 Å². The summed E-state index contributed by atoms with van der Waals surface area (Å²) in [6, 6.07) is 8.36. The van der Waals surface area contributed by atoms with Crippen molar-refractivity contribution in [3.63, 3.8) is 0 Å². The lowest BCUT2D eigenvalue weighted by Gasteiger charge is -2.21. The van der Waals surface area contributed by atoms with Crippen molar-refractivity contribution in [1.82, 2.24) is 4.90 Å². The Morgan fingerprint density at radius 3 is 2.92 bits per heavy atom. The van der Waals surface area contributed by atoms with Crippen LogP contribution in [-0.4, -0.2) is 36.6 Å². The molecule has 1 aromatic rings. The van der Waals surface area contributed by atoms with Crippen molar-refractivity contribution < 1.29 is 14.6 Å². The second kappa shape index (κ2) is 8.19. The van der Waals surface area contributed by atoms with E-state index < -0.39 is 5.97 Å². The highest BCUT2D eigenvalue weighted by molar-refractivity contribution is 5.83. The Balaban J connectivity index is 1.96. The van der Waals surface area contributed by atoms with Crippen LogP contribution in [0.2, 0.25) is 0 Å². The minimum Gasteiger partial charge on any atom is -0.489 e. The van der Waals surface area contributed by atoms with Crippen molar-refractivity contribution >= 4 is 11.5 Å². The molecule has 0 spiro atoms. The van der Waals surface area contributed by atoms with Crippen molar-refractivity contribution in [3.05, 3.63) is 77.1 Å². The minimum atomic E-state index is -0.914. The Kier molecular flexibility index (Phi) is 5.74. The highest BCUT2D eigenvalue weighted by Crippen LogP contribution is 2.39. The summed E-state index contributed by atoms with van der Waals surface area (Å²) in [6.07, 6.45) is 11.0. The van der Waals surface area contributed by atoms with Crippen molar-refractivity contribution in [1.29, 1.82) is 0 Å². The Morgan fingerprint density at radius 2 is 2.15 bits per heavy atom. The predicted octanol–water partition coefficient (Wildman–Crippen LogP) is 4.02. The van der Waals surface area contributed by atoms with Gasteiger partial charge in [0.1, 0.15) is 12.4 Å². The first kappa shape index (κ1) is 18.2. The largest absolute Gasteiger partial charge is 0.489 e. The molecule has 0 aromatic heterocycles. The maximum absolute atomic E-state index is 10.8. The van der Waals surface area contributed by atoms with Crippen LogP contribution in [0.4, 0.5) is 0 Å². The van der Waals surface area contributed by atoms with Crippen LogP contribution in [-0.2, 0) is 16.1 Å². The molecule has 0 saturated carbocycles. The third-order valence-corrected chi connectivity index (χ3v) is 4.66. The number of hydrogen-bond acceptors (Lipinski definition) is 3. The van der Waals surface area contributed by atoms with Crippen molar-refractivity contribution in [2.75, 3.05) is 20.6 Å². The van der Waals surface area contributed by atoms with Crippen LogP contribution in [0.5, 0.6) is 0 Å². The van der Waals surface area contributed by atoms with E-state index in [2.05, 4.69) is 43.3 Å². The normalized spacial score (nSPS) is 20.9. The molecule has 4 nitrogen and oxygen atoms in total. The lowest BCUT2D eigenvalue weighted by atomic mass is 9.84. The number of rotatable bonds is 5. The summed E-state index contributed by atoms with van der Waals surface area (Å²) in [5.41, 5.74) is 4.78. The SMILES string of the molecule is CN(C)CC/C=C1\C2=C(C=CC(/C=C/C(=O)O)C2)OCc2ccccc21. The molecule has 0 amide bonds. The van der Waals surface area contributed by atoms with Crippen molar-refractivity contribution in [3.8, 4) is 0 Å². The fourth-order valence-electron chi connectivity index (χ4n) is 3.36. The van der Waals surface area contributed by atoms with E-state index in [1.54, 1.807) is 6.08 Å². The fraction of sp³-hybridized carbons (Fsp3) is 0.318. The van der Waals surface area contributed by atoms with E-state index in [4.69, 9.17) is 9.84 Å². The first-order chi connectivity index (χ1) is 12.5. The molecule has 1 aliphatic carbocycles. The first-order valence-electron chi connectivity index (χ1n) is 8.93. The summed E-state index contributed by atoms with van der Waals surface area (Å²) in [4.78, 5) is 13.0. The van der Waals surface area contributed by atoms with E-state index in [0.717, 1.165) is 30.7 Å². The summed E-state index contributed by atoms with van der Waals surface area (Å²) in [5.74, 6) is 0.0515. The smallest absolute Gasteiger partial charge is 0.327 e. The number of fused-ring (bicyclic) bond motifs is 1. The van der Waals surface area contributed by atoms with Crippen LogP contribution in [0.25, 0.3) is 5.57 Å². The number of carboxylic acids is 1. The van der Waals surface area contributed by atoms with Gasteiger partial charge >= 0.3 is 5.97 Å². The molecule has 136 valence electrons. The van der Waals surface area contributed by atoms with Crippen LogP contribution in [0.1, 0.15) is 24.0 Å². The molecule has 0 fully saturated rings. The van der Waals surface area contributed by atoms with Gasteiger partial charge in [-0.05, 0) is 55.6 Å². The zero-order chi connectivity index (χ0) is 18.5. The molecule has 1 aliphatic heterocycles. The van der Waals surface area contributed by atoms with E-state index in [9.17, 15) is 4.79 Å². The Bertz CT molecular complexity index is 799. The number of nitrogens with zero attached hydrogens (tertiary/aromatic N) is 1. The molecule has 1 aromatic carbocycles. The van der Waals surface area contributed by atoms with Crippen molar-refractivity contribution in [2.45, 2.75) is 19.4 Å². The summed E-state index contributed by atoms with van der Waals surface area (Å²) in [6.45, 7) is 1.54. The van der Waals surface area contributed by atoms with Crippen LogP contribution >= 0.6 is 0 Å². The second-order valence-corrected chi connectivity index (χ2v) is 6.92. The minimum absolute atomic E-state index is 0.0657. The highest BCUT2D eigenvalue weighted by atomic mass is 16.5. The molecule has 0 bridgehead atoms. The van der Waals surface area contributed by atoms with Gasteiger partial charge < -0.3 is 14.7 Å². The van der Waals surface area contributed by atoms with Gasteiger partial charge in [-0.25, -0.2) is 4.79 Å². The lowest BCUT2D eigenvalue weighted by Crippen LogP contribution is -2.12. The van der Waals surface area contributed by atoms with Gasteiger partial charge in [0.15, 0.2) is 0 Å². The molecule has 1 unspecified atom stereocenters. The van der Waals surface area contributed by atoms with Gasteiger partial charge in [-0.2, -0.15) is 0 Å². The van der Waals surface area contributed by atoms with Gasteiger partial charge in [-0.15, -0.1) is 0 Å². The topological polar surface area (TPSA) is 49.8 Å². The molecule has 3 rings (SSSR count). The quantitative estimate of drug-likeness (QED) is 0.814. The highest BCUT2D eigenvalue weighted by Gasteiger charge is 2.24. The monoisotopic (exact) mass is 351 g/mol. The molecule has 26 heavy (non-hydrogen) atoms. The predicted molar refractivity (Wildman–Crippen MR) is 103 cm³/mol. The summed E-state index contributed by atoms with van der Waals surface area (Å²) < 4.78 is 6.07. The van der Waals surface area contributed by atoms with E-state index in [-0.39, 0.29) is 5.92 Å². The van der Waals surface area contributed by atoms with Gasteiger partial charge in [-0.3, -0.25) is 0 Å². The summed E-state index contributed by atoms with van der Waals surface area (Å²) in [7, 11) is 4.15. The summed E-state index contributed by atoms with van der Waals surface area (Å²) >= 11 is 0. The Hall–Kier alpha value is -2.59. The van der Waals surface area contributed by atoms with Crippen LogP contribution in [0.15, 0.2) is 66.0 Å². The number of allylic oxidation sites excluding steroid dienone is 5. The Morgan fingerprint density at radius 1 is 1.35 bits per heavy atom. The molecular formula is C22H25NO3. The Labute approximate surface area is 154 Å². The lowest BCUT2D eigenvalue weighted by molar-refractivity contribution is -0.131. The number of benzene rings is 1. The number of ether oxygens (including phenoxy) is 1. The fourth-order valence-corrected chi connectivity index (χ4v) is 3.36. The third kappa shape index (κ3) is 4.33. The number of hydrogen-bond donors (Lipinski definition) is 1. The van der Waals surface area contributed by atoms with Crippen LogP contribution < -0.4 is 0 Å². The van der Waals surface area contributed by atoms with E-state index >= 15 is 0 Å². The molecule has 1 atom stereocenters. The van der Waals surface area contributed by atoms with E-state index in [1.165, 1.54) is 22.8 Å². The third-order valence-electron chi connectivity index (χ3n) is 4.66. The van der Waals surface area contributed by atoms with E-state index in [0.29, 0.717) is 6.61 Å². The maximum Gasteiger partial charge on any atom is 0.327 e. The van der Waals surface area contributed by atoms with Crippen LogP contribution in [0, 0.1) is 5.92 Å². The van der Waals surface area contributed by atoms with Crippen molar-refractivity contribution in [2.24, 2.45) is 5.92 Å².